The molecule has 1 aromatic rings. The molecule has 0 radical (unpaired) electrons. The van der Waals surface area contributed by atoms with E-state index in [-0.39, 0.29) is 18.0 Å². The van der Waals surface area contributed by atoms with Crippen LogP contribution in [0.1, 0.15) is 50.1 Å². The molecule has 1 heterocycles. The number of rotatable bonds is 4. The molecule has 2 rings (SSSR count). The van der Waals surface area contributed by atoms with Gasteiger partial charge in [-0.05, 0) is 67.6 Å². The Labute approximate surface area is 127 Å². The molecule has 1 aromatic heterocycles. The van der Waals surface area contributed by atoms with Crippen LogP contribution in [0.2, 0.25) is 0 Å². The highest BCUT2D eigenvalue weighted by molar-refractivity contribution is 9.11. The Morgan fingerprint density at radius 1 is 1.47 bits per heavy atom. The van der Waals surface area contributed by atoms with Crippen molar-refractivity contribution in [3.8, 4) is 0 Å². The summed E-state index contributed by atoms with van der Waals surface area (Å²) in [5.41, 5.74) is 1.37. The van der Waals surface area contributed by atoms with Gasteiger partial charge in [-0.2, -0.15) is 0 Å². The zero-order valence-corrected chi connectivity index (χ0v) is 14.0. The summed E-state index contributed by atoms with van der Waals surface area (Å²) < 4.78 is 1.19. The Morgan fingerprint density at radius 3 is 2.89 bits per heavy atom. The number of carbonyl (C=O) groups is 1. The SMILES string of the molecule is CC(C)NC(=O)C(C)NC1CCCc2sc(Br)cc21. The number of fused-ring (bicyclic) bond motifs is 1. The van der Waals surface area contributed by atoms with Gasteiger partial charge in [0.25, 0.3) is 0 Å². The minimum Gasteiger partial charge on any atom is -0.353 e. The molecule has 0 saturated heterocycles. The first-order chi connectivity index (χ1) is 8.97. The maximum atomic E-state index is 12.0. The van der Waals surface area contributed by atoms with Crippen molar-refractivity contribution in [2.75, 3.05) is 0 Å². The van der Waals surface area contributed by atoms with Gasteiger partial charge in [0.15, 0.2) is 0 Å². The second-order valence-corrected chi connectivity index (χ2v) is 7.94. The highest BCUT2D eigenvalue weighted by Crippen LogP contribution is 2.38. The van der Waals surface area contributed by atoms with Crippen LogP contribution >= 0.6 is 27.3 Å². The predicted octanol–water partition coefficient (Wildman–Crippen LogP) is 3.39. The molecule has 0 saturated carbocycles. The van der Waals surface area contributed by atoms with Gasteiger partial charge in [0, 0.05) is 17.0 Å². The zero-order chi connectivity index (χ0) is 14.0. The Bertz CT molecular complexity index is 458. The molecule has 2 atom stereocenters. The van der Waals surface area contributed by atoms with Crippen molar-refractivity contribution < 1.29 is 4.79 Å². The van der Waals surface area contributed by atoms with Crippen molar-refractivity contribution in [2.24, 2.45) is 0 Å². The smallest absolute Gasteiger partial charge is 0.237 e. The third-order valence-electron chi connectivity index (χ3n) is 3.36. The summed E-state index contributed by atoms with van der Waals surface area (Å²) in [7, 11) is 0. The topological polar surface area (TPSA) is 41.1 Å². The van der Waals surface area contributed by atoms with Crippen LogP contribution in [-0.2, 0) is 11.2 Å². The number of nitrogens with one attached hydrogen (secondary N) is 2. The minimum absolute atomic E-state index is 0.0800. The summed E-state index contributed by atoms with van der Waals surface area (Å²) in [4.78, 5) is 13.4. The Morgan fingerprint density at radius 2 is 2.21 bits per heavy atom. The summed E-state index contributed by atoms with van der Waals surface area (Å²) in [5.74, 6) is 0.0800. The van der Waals surface area contributed by atoms with Crippen molar-refractivity contribution in [1.82, 2.24) is 10.6 Å². The molecule has 1 amide bonds. The lowest BCUT2D eigenvalue weighted by molar-refractivity contribution is -0.123. The number of amides is 1. The van der Waals surface area contributed by atoms with Crippen LogP contribution in [0.5, 0.6) is 0 Å². The van der Waals surface area contributed by atoms with Crippen LogP contribution in [0.15, 0.2) is 9.85 Å². The van der Waals surface area contributed by atoms with E-state index >= 15 is 0 Å². The third kappa shape index (κ3) is 3.80. The number of halogens is 1. The molecule has 106 valence electrons. The summed E-state index contributed by atoms with van der Waals surface area (Å²) in [6.45, 7) is 5.91. The largest absolute Gasteiger partial charge is 0.353 e. The van der Waals surface area contributed by atoms with Gasteiger partial charge in [-0.15, -0.1) is 11.3 Å². The molecular formula is C14H21BrN2OS. The van der Waals surface area contributed by atoms with E-state index in [1.807, 2.05) is 32.1 Å². The number of hydrogen-bond acceptors (Lipinski definition) is 3. The molecule has 3 nitrogen and oxygen atoms in total. The average Bonchev–Trinajstić information content (AvgIpc) is 2.69. The molecule has 0 spiro atoms. The third-order valence-corrected chi connectivity index (χ3v) is 5.07. The zero-order valence-electron chi connectivity index (χ0n) is 11.6. The molecule has 0 aliphatic heterocycles. The number of thiophene rings is 1. The molecule has 1 aliphatic carbocycles. The van der Waals surface area contributed by atoms with Gasteiger partial charge in [-0.25, -0.2) is 0 Å². The fraction of sp³-hybridized carbons (Fsp3) is 0.643. The van der Waals surface area contributed by atoms with E-state index in [0.717, 1.165) is 12.8 Å². The first-order valence-corrected chi connectivity index (χ1v) is 8.43. The lowest BCUT2D eigenvalue weighted by Crippen LogP contribution is -2.46. The second kappa shape index (κ2) is 6.37. The Hall–Kier alpha value is -0.390. The van der Waals surface area contributed by atoms with E-state index in [0.29, 0.717) is 6.04 Å². The number of aryl methyl sites for hydroxylation is 1. The van der Waals surface area contributed by atoms with Crippen LogP contribution in [0, 0.1) is 0 Å². The predicted molar refractivity (Wildman–Crippen MR) is 83.6 cm³/mol. The van der Waals surface area contributed by atoms with Gasteiger partial charge in [-0.3, -0.25) is 10.1 Å². The first-order valence-electron chi connectivity index (χ1n) is 6.82. The summed E-state index contributed by atoms with van der Waals surface area (Å²) >= 11 is 5.38. The van der Waals surface area contributed by atoms with Crippen molar-refractivity contribution >= 4 is 33.2 Å². The van der Waals surface area contributed by atoms with Crippen LogP contribution in [0.3, 0.4) is 0 Å². The molecule has 2 N–H and O–H groups in total. The van der Waals surface area contributed by atoms with Gasteiger partial charge in [-0.1, -0.05) is 0 Å². The molecule has 0 aromatic carbocycles. The number of hydrogen-bond donors (Lipinski definition) is 2. The van der Waals surface area contributed by atoms with E-state index in [1.54, 1.807) is 0 Å². The molecule has 0 fully saturated rings. The standard InChI is InChI=1S/C14H21BrN2OS/c1-8(2)16-14(18)9(3)17-11-5-4-6-12-10(11)7-13(15)19-12/h7-9,11,17H,4-6H2,1-3H3,(H,16,18). The highest BCUT2D eigenvalue weighted by atomic mass is 79.9. The van der Waals surface area contributed by atoms with E-state index in [2.05, 4.69) is 32.6 Å². The van der Waals surface area contributed by atoms with Crippen LogP contribution in [0.4, 0.5) is 0 Å². The van der Waals surface area contributed by atoms with Gasteiger partial charge in [0.05, 0.1) is 9.83 Å². The van der Waals surface area contributed by atoms with Crippen LogP contribution in [-0.4, -0.2) is 18.0 Å². The Kier molecular flexibility index (Phi) is 5.03. The van der Waals surface area contributed by atoms with Gasteiger partial charge < -0.3 is 5.32 Å². The fourth-order valence-electron chi connectivity index (χ4n) is 2.48. The second-order valence-electron chi connectivity index (χ2n) is 5.43. The monoisotopic (exact) mass is 344 g/mol. The maximum Gasteiger partial charge on any atom is 0.237 e. The van der Waals surface area contributed by atoms with Crippen LogP contribution < -0.4 is 10.6 Å². The normalized spacial score (nSPS) is 20.2. The lowest BCUT2D eigenvalue weighted by atomic mass is 9.93. The number of carbonyl (C=O) groups excluding carboxylic acids is 1. The summed E-state index contributed by atoms with van der Waals surface area (Å²) in [6, 6.07) is 2.54. The maximum absolute atomic E-state index is 12.0. The molecule has 1 aliphatic rings. The van der Waals surface area contributed by atoms with Crippen molar-refractivity contribution in [3.63, 3.8) is 0 Å². The lowest BCUT2D eigenvalue weighted by Gasteiger charge is -2.27. The summed E-state index contributed by atoms with van der Waals surface area (Å²) in [5, 5.41) is 6.42. The molecule has 2 unspecified atom stereocenters. The van der Waals surface area contributed by atoms with Gasteiger partial charge >= 0.3 is 0 Å². The fourth-order valence-corrected chi connectivity index (χ4v) is 4.30. The van der Waals surface area contributed by atoms with Crippen molar-refractivity contribution in [1.29, 1.82) is 0 Å². The van der Waals surface area contributed by atoms with E-state index < -0.39 is 0 Å². The average molecular weight is 345 g/mol. The highest BCUT2D eigenvalue weighted by Gasteiger charge is 2.25. The summed E-state index contributed by atoms with van der Waals surface area (Å²) in [6.07, 6.45) is 3.46. The minimum atomic E-state index is -0.156. The van der Waals surface area contributed by atoms with Gasteiger partial charge in [0.2, 0.25) is 5.91 Å². The molecular weight excluding hydrogens is 324 g/mol. The molecule has 0 bridgehead atoms. The van der Waals surface area contributed by atoms with Gasteiger partial charge in [0.1, 0.15) is 0 Å². The van der Waals surface area contributed by atoms with Crippen LogP contribution in [0.25, 0.3) is 0 Å². The van der Waals surface area contributed by atoms with E-state index in [4.69, 9.17) is 0 Å². The quantitative estimate of drug-likeness (QED) is 0.878. The van der Waals surface area contributed by atoms with E-state index in [1.165, 1.54) is 20.6 Å². The molecule has 5 heteroatoms. The first kappa shape index (κ1) is 15.0. The Balaban J connectivity index is 2.02. The molecule has 19 heavy (non-hydrogen) atoms. The van der Waals surface area contributed by atoms with Crippen molar-refractivity contribution in [3.05, 3.63) is 20.3 Å². The van der Waals surface area contributed by atoms with E-state index in [9.17, 15) is 4.79 Å². The van der Waals surface area contributed by atoms with Crippen molar-refractivity contribution in [2.45, 2.75) is 58.2 Å².